The number of hydrogen-bond donors (Lipinski definition) is 0. The zero-order chi connectivity index (χ0) is 25.2. The highest BCUT2D eigenvalue weighted by Gasteiger charge is 2.62. The Labute approximate surface area is 212 Å². The van der Waals surface area contributed by atoms with Gasteiger partial charge in [0.05, 0.1) is 12.1 Å². The molecule has 0 spiro atoms. The molecule has 1 aromatic carbocycles. The summed E-state index contributed by atoms with van der Waals surface area (Å²) in [6, 6.07) is 2.54. The maximum Gasteiger partial charge on any atom is 0.188 e. The third-order valence-corrected chi connectivity index (χ3v) is 11.3. The van der Waals surface area contributed by atoms with Crippen LogP contribution in [-0.4, -0.2) is 34.5 Å². The number of ether oxygens (including phenoxy) is 1. The Morgan fingerprint density at radius 3 is 2.75 bits per heavy atom. The van der Waals surface area contributed by atoms with Gasteiger partial charge in [0, 0.05) is 13.0 Å². The molecule has 0 N–H and O–H groups in total. The Morgan fingerprint density at radius 2 is 1.94 bits per heavy atom. The molecule has 4 aliphatic carbocycles. The van der Waals surface area contributed by atoms with Crippen molar-refractivity contribution in [3.8, 4) is 0 Å². The van der Waals surface area contributed by atoms with Crippen molar-refractivity contribution in [3.05, 3.63) is 23.8 Å². The molecule has 7 heteroatoms. The maximum absolute atomic E-state index is 14.1. The van der Waals surface area contributed by atoms with E-state index in [4.69, 9.17) is 4.74 Å². The zero-order valence-corrected chi connectivity index (χ0v) is 21.8. The van der Waals surface area contributed by atoms with Gasteiger partial charge < -0.3 is 4.74 Å². The highest BCUT2D eigenvalue weighted by molar-refractivity contribution is 5.84. The second-order valence-corrected chi connectivity index (χ2v) is 12.8. The predicted octanol–water partition coefficient (Wildman–Crippen LogP) is 6.20. The van der Waals surface area contributed by atoms with Gasteiger partial charge in [-0.3, -0.25) is 4.79 Å². The van der Waals surface area contributed by atoms with Crippen LogP contribution >= 0.6 is 0 Å². The second-order valence-electron chi connectivity index (χ2n) is 12.8. The first-order chi connectivity index (χ1) is 17.3. The van der Waals surface area contributed by atoms with Crippen LogP contribution < -0.4 is 0 Å². The fourth-order valence-electron chi connectivity index (χ4n) is 9.70. The van der Waals surface area contributed by atoms with Crippen molar-refractivity contribution in [2.24, 2.45) is 46.3 Å². The summed E-state index contributed by atoms with van der Waals surface area (Å²) in [6.07, 6.45) is 10.8. The van der Waals surface area contributed by atoms with Gasteiger partial charge in [0.1, 0.15) is 6.54 Å². The van der Waals surface area contributed by atoms with Gasteiger partial charge in [0.2, 0.25) is 0 Å². The largest absolute Gasteiger partial charge is 0.384 e. The topological polar surface area (TPSA) is 57.0 Å². The smallest absolute Gasteiger partial charge is 0.188 e. The van der Waals surface area contributed by atoms with Crippen LogP contribution in [-0.2, 0) is 16.1 Å². The van der Waals surface area contributed by atoms with E-state index < -0.39 is 11.6 Å². The number of carbonyl (C=O) groups excluding carboxylic acids is 1. The minimum absolute atomic E-state index is 0.00491. The van der Waals surface area contributed by atoms with E-state index in [1.54, 1.807) is 0 Å². The summed E-state index contributed by atoms with van der Waals surface area (Å²) in [4.78, 5) is 13.7. The molecule has 0 amide bonds. The highest BCUT2D eigenvalue weighted by Crippen LogP contribution is 2.68. The number of nitrogens with zero attached hydrogens (tertiary/aromatic N) is 3. The number of rotatable bonds is 5. The lowest BCUT2D eigenvalue weighted by Crippen LogP contribution is -2.56. The molecule has 8 atom stereocenters. The number of hydrogen-bond acceptors (Lipinski definition) is 4. The van der Waals surface area contributed by atoms with Gasteiger partial charge in [0.25, 0.3) is 0 Å². The number of fused-ring (bicyclic) bond motifs is 6. The number of aromatic nitrogens is 3. The summed E-state index contributed by atoms with van der Waals surface area (Å²) in [5, 5.41) is 7.82. The molecule has 196 valence electrons. The van der Waals surface area contributed by atoms with E-state index in [2.05, 4.69) is 24.2 Å². The Hall–Kier alpha value is -1.89. The average molecular weight is 500 g/mol. The lowest BCUT2D eigenvalue weighted by Gasteiger charge is -2.61. The maximum atomic E-state index is 14.1. The van der Waals surface area contributed by atoms with Gasteiger partial charge in [0.15, 0.2) is 22.9 Å². The predicted molar refractivity (Wildman–Crippen MR) is 133 cm³/mol. The molecule has 4 aliphatic rings. The van der Waals surface area contributed by atoms with Crippen LogP contribution in [0.5, 0.6) is 0 Å². The van der Waals surface area contributed by atoms with E-state index in [0.29, 0.717) is 28.7 Å². The van der Waals surface area contributed by atoms with E-state index >= 15 is 0 Å². The van der Waals surface area contributed by atoms with Crippen LogP contribution in [0.4, 0.5) is 8.78 Å². The summed E-state index contributed by atoms with van der Waals surface area (Å²) >= 11 is 0. The molecule has 36 heavy (non-hydrogen) atoms. The van der Waals surface area contributed by atoms with Crippen LogP contribution in [0.15, 0.2) is 12.1 Å². The van der Waals surface area contributed by atoms with Crippen molar-refractivity contribution >= 4 is 16.8 Å². The summed E-state index contributed by atoms with van der Waals surface area (Å²) in [7, 11) is 1.87. The van der Waals surface area contributed by atoms with Crippen molar-refractivity contribution in [2.75, 3.05) is 13.7 Å². The van der Waals surface area contributed by atoms with E-state index in [1.807, 2.05) is 7.11 Å². The van der Waals surface area contributed by atoms with Crippen LogP contribution in [0, 0.1) is 58.0 Å². The Kier molecular flexibility index (Phi) is 6.01. The Balaban J connectivity index is 1.24. The van der Waals surface area contributed by atoms with Gasteiger partial charge in [-0.1, -0.05) is 25.5 Å². The van der Waals surface area contributed by atoms with Crippen molar-refractivity contribution in [1.29, 1.82) is 0 Å². The number of methoxy groups -OCH3 is 1. The van der Waals surface area contributed by atoms with Crippen molar-refractivity contribution in [2.45, 2.75) is 78.2 Å². The van der Waals surface area contributed by atoms with Crippen molar-refractivity contribution in [1.82, 2.24) is 15.0 Å². The molecule has 1 aromatic heterocycles. The average Bonchev–Trinajstić information content (AvgIpc) is 3.42. The third-order valence-electron chi connectivity index (χ3n) is 11.3. The molecule has 5 nitrogen and oxygen atoms in total. The minimum Gasteiger partial charge on any atom is -0.384 e. The molecular weight excluding hydrogens is 460 g/mol. The van der Waals surface area contributed by atoms with E-state index in [1.165, 1.54) is 49.3 Å². The van der Waals surface area contributed by atoms with Gasteiger partial charge >= 0.3 is 0 Å². The van der Waals surface area contributed by atoms with Crippen LogP contribution in [0.2, 0.25) is 0 Å². The van der Waals surface area contributed by atoms with Gasteiger partial charge in [-0.15, -0.1) is 5.10 Å². The number of carbonyl (C=O) groups is 1. The highest BCUT2D eigenvalue weighted by atomic mass is 19.2. The molecule has 4 saturated carbocycles. The SMILES string of the molecule is COCC12CCC(C)CC1CCC1C3CCC(C(=O)Cn4nnc5c(F)c(F)ccc54)C3(C)CCC12. The monoisotopic (exact) mass is 499 g/mol. The lowest BCUT2D eigenvalue weighted by molar-refractivity contribution is -0.154. The number of ketones is 1. The normalized spacial score (nSPS) is 40.0. The number of Topliss-reactive ketones (excluding diaryl/α,β-unsaturated/α-hetero) is 1. The molecule has 8 unspecified atom stereocenters. The quantitative estimate of drug-likeness (QED) is 0.492. The fraction of sp³-hybridized carbons (Fsp3) is 0.759. The van der Waals surface area contributed by atoms with Gasteiger partial charge in [-0.25, -0.2) is 13.5 Å². The molecule has 0 bridgehead atoms. The standard InChI is InChI=1S/C29H39F2N3O2/c1-17-10-13-29(16-36-3)18(14-17)4-5-19-20-6-7-22(28(20,2)12-11-21(19)29)25(35)15-34-24-9-8-23(30)26(31)27(24)32-33-34/h8-9,17-22H,4-7,10-16H2,1-3H3. The van der Waals surface area contributed by atoms with Crippen molar-refractivity contribution < 1.29 is 18.3 Å². The van der Waals surface area contributed by atoms with Crippen LogP contribution in [0.25, 0.3) is 11.0 Å². The van der Waals surface area contributed by atoms with Crippen LogP contribution in [0.1, 0.15) is 71.6 Å². The van der Waals surface area contributed by atoms with Gasteiger partial charge in [-0.05, 0) is 104 Å². The Bertz CT molecular complexity index is 1170. The molecule has 4 fully saturated rings. The molecule has 0 aliphatic heterocycles. The molecule has 2 aromatic rings. The molecule has 6 rings (SSSR count). The van der Waals surface area contributed by atoms with Crippen molar-refractivity contribution in [3.63, 3.8) is 0 Å². The van der Waals surface area contributed by atoms with E-state index in [-0.39, 0.29) is 29.2 Å². The van der Waals surface area contributed by atoms with Gasteiger partial charge in [-0.2, -0.15) is 0 Å². The number of benzene rings is 1. The molecule has 0 saturated heterocycles. The molecular formula is C29H39F2N3O2. The summed E-state index contributed by atoms with van der Waals surface area (Å²) in [5.41, 5.74) is 0.569. The number of halogens is 2. The summed E-state index contributed by atoms with van der Waals surface area (Å²) < 4.78 is 35.1. The fourth-order valence-corrected chi connectivity index (χ4v) is 9.70. The first kappa shape index (κ1) is 24.4. The van der Waals surface area contributed by atoms with Crippen LogP contribution in [0.3, 0.4) is 0 Å². The third kappa shape index (κ3) is 3.51. The van der Waals surface area contributed by atoms with E-state index in [9.17, 15) is 13.6 Å². The molecule has 1 heterocycles. The first-order valence-electron chi connectivity index (χ1n) is 14.0. The second kappa shape index (κ2) is 8.85. The summed E-state index contributed by atoms with van der Waals surface area (Å²) in [6.45, 7) is 5.72. The summed E-state index contributed by atoms with van der Waals surface area (Å²) in [5.74, 6) is 1.72. The lowest BCUT2D eigenvalue weighted by atomic mass is 9.44. The minimum atomic E-state index is -1.00. The first-order valence-corrected chi connectivity index (χ1v) is 14.0. The molecule has 0 radical (unpaired) electrons. The zero-order valence-electron chi connectivity index (χ0n) is 21.8. The van der Waals surface area contributed by atoms with E-state index in [0.717, 1.165) is 43.8 Å². The Morgan fingerprint density at radius 1 is 1.11 bits per heavy atom.